The number of rotatable bonds is 4. The van der Waals surface area contributed by atoms with E-state index in [4.69, 9.17) is 23.7 Å². The van der Waals surface area contributed by atoms with Crippen molar-refractivity contribution >= 4 is 18.5 Å². The third-order valence-electron chi connectivity index (χ3n) is 9.57. The second-order valence-corrected chi connectivity index (χ2v) is 13.3. The van der Waals surface area contributed by atoms with Crippen LogP contribution >= 0.6 is 12.4 Å². The highest BCUT2D eigenvalue weighted by molar-refractivity contribution is 5.85. The van der Waals surface area contributed by atoms with E-state index in [1.165, 1.54) is 41.6 Å². The summed E-state index contributed by atoms with van der Waals surface area (Å²) in [7, 11) is 6.81. The van der Waals surface area contributed by atoms with Crippen molar-refractivity contribution in [1.82, 2.24) is 10.2 Å². The molecule has 44 heavy (non-hydrogen) atoms. The molecule has 0 saturated carbocycles. The fraction of sp³-hybridized carbons (Fsp3) is 0.629. The van der Waals surface area contributed by atoms with Gasteiger partial charge in [-0.1, -0.05) is 12.1 Å². The number of carbonyl (C=O) groups is 1. The fourth-order valence-corrected chi connectivity index (χ4v) is 7.58. The van der Waals surface area contributed by atoms with Crippen LogP contribution < -0.4 is 24.3 Å². The van der Waals surface area contributed by atoms with Gasteiger partial charge < -0.3 is 33.9 Å². The lowest BCUT2D eigenvalue weighted by molar-refractivity contribution is -0.00145. The molecule has 244 valence electrons. The summed E-state index contributed by atoms with van der Waals surface area (Å²) in [5.41, 5.74) is 4.79. The van der Waals surface area contributed by atoms with Gasteiger partial charge in [0.2, 0.25) is 0 Å². The van der Waals surface area contributed by atoms with E-state index in [0.717, 1.165) is 74.0 Å². The number of halogens is 1. The van der Waals surface area contributed by atoms with E-state index in [0.29, 0.717) is 12.0 Å². The lowest BCUT2D eigenvalue weighted by Crippen LogP contribution is -2.53. The number of methoxy groups -OCH3 is 4. The summed E-state index contributed by atoms with van der Waals surface area (Å²) >= 11 is 0. The Bertz CT molecular complexity index is 1290. The minimum Gasteiger partial charge on any atom is -0.493 e. The summed E-state index contributed by atoms with van der Waals surface area (Å²) < 4.78 is 27.7. The molecule has 8 nitrogen and oxygen atoms in total. The molecule has 2 aliphatic carbocycles. The van der Waals surface area contributed by atoms with Crippen LogP contribution in [0.15, 0.2) is 24.3 Å². The molecule has 0 radical (unpaired) electrons. The van der Waals surface area contributed by atoms with E-state index in [-0.39, 0.29) is 24.5 Å². The molecule has 2 aromatic rings. The Labute approximate surface area is 269 Å². The molecule has 2 saturated heterocycles. The monoisotopic (exact) mass is 630 g/mol. The molecule has 9 heteroatoms. The Kier molecular flexibility index (Phi) is 11.2. The predicted molar refractivity (Wildman–Crippen MR) is 175 cm³/mol. The van der Waals surface area contributed by atoms with Crippen LogP contribution in [0.1, 0.15) is 68.7 Å². The zero-order chi connectivity index (χ0) is 30.7. The average molecular weight is 631 g/mol. The molecule has 4 aliphatic rings. The highest BCUT2D eigenvalue weighted by Gasteiger charge is 2.40. The summed E-state index contributed by atoms with van der Waals surface area (Å²) in [6.45, 7) is 7.70. The summed E-state index contributed by atoms with van der Waals surface area (Å²) in [6.07, 6.45) is 8.59. The van der Waals surface area contributed by atoms with Gasteiger partial charge in [-0.05, 0) is 114 Å². The molecular formula is C35H51ClN2O6. The quantitative estimate of drug-likeness (QED) is 0.418. The van der Waals surface area contributed by atoms with Gasteiger partial charge in [-0.25, -0.2) is 4.79 Å². The zero-order valence-electron chi connectivity index (χ0n) is 27.5. The minimum absolute atomic E-state index is 0. The van der Waals surface area contributed by atoms with Crippen molar-refractivity contribution in [3.05, 3.63) is 46.5 Å². The van der Waals surface area contributed by atoms with E-state index in [1.54, 1.807) is 28.4 Å². The largest absolute Gasteiger partial charge is 0.493 e. The number of carbonyl (C=O) groups excluding carboxylic acids is 1. The van der Waals surface area contributed by atoms with Gasteiger partial charge >= 0.3 is 6.09 Å². The molecule has 0 aromatic heterocycles. The molecule has 1 N–H and O–H groups in total. The second-order valence-electron chi connectivity index (χ2n) is 13.3. The molecule has 4 atom stereocenters. The van der Waals surface area contributed by atoms with Crippen molar-refractivity contribution < 1.29 is 28.5 Å². The van der Waals surface area contributed by atoms with Crippen LogP contribution in [-0.2, 0) is 30.4 Å². The summed E-state index contributed by atoms with van der Waals surface area (Å²) in [5, 5.41) is 3.66. The van der Waals surface area contributed by atoms with Crippen LogP contribution in [0.4, 0.5) is 4.79 Å². The maximum Gasteiger partial charge on any atom is 0.410 e. The van der Waals surface area contributed by atoms with Crippen LogP contribution in [0.25, 0.3) is 0 Å². The average Bonchev–Trinajstić information content (AvgIpc) is 3.00. The lowest BCUT2D eigenvalue weighted by atomic mass is 9.75. The van der Waals surface area contributed by atoms with Crippen molar-refractivity contribution in [2.24, 2.45) is 11.8 Å². The van der Waals surface area contributed by atoms with Gasteiger partial charge in [0.1, 0.15) is 5.60 Å². The van der Waals surface area contributed by atoms with Gasteiger partial charge in [-0.15, -0.1) is 12.4 Å². The van der Waals surface area contributed by atoms with Crippen molar-refractivity contribution in [3.8, 4) is 23.0 Å². The van der Waals surface area contributed by atoms with Crippen molar-refractivity contribution in [2.45, 2.75) is 89.8 Å². The van der Waals surface area contributed by atoms with Gasteiger partial charge in [-0.3, -0.25) is 0 Å². The molecular weight excluding hydrogens is 580 g/mol. The standard InChI is InChI=1S/C20H29NO4.C15H21NO2.ClH/c1-20(2,3)25-19(22)21-10-6-7-14-11-15-13(12-16(14)21)8-9-17(23-4)18(15)24-5;1-17-14-6-5-10-9-13-11(4-3-7-16-13)8-12(10)15(14)18-2;/h8-9,14,16H,6-7,10-12H2,1-5H3;5-6,11,13,16H,3-4,7-9H2,1-2H3;1H/t14-,16-;11-,13-;/m11./s1. The molecule has 2 heterocycles. The Morgan fingerprint density at radius 3 is 1.91 bits per heavy atom. The zero-order valence-corrected chi connectivity index (χ0v) is 28.3. The number of ether oxygens (including phenoxy) is 5. The molecule has 2 aromatic carbocycles. The lowest BCUT2D eigenvalue weighted by Gasteiger charge is -2.44. The van der Waals surface area contributed by atoms with Crippen LogP contribution in [-0.4, -0.2) is 70.2 Å². The highest BCUT2D eigenvalue weighted by Crippen LogP contribution is 2.43. The van der Waals surface area contributed by atoms with Gasteiger partial charge in [0.05, 0.1) is 28.4 Å². The number of benzene rings is 2. The number of fused-ring (bicyclic) bond motifs is 4. The number of amides is 1. The number of nitrogens with zero attached hydrogens (tertiary/aromatic N) is 1. The highest BCUT2D eigenvalue weighted by atomic mass is 35.5. The van der Waals surface area contributed by atoms with Gasteiger partial charge in [0, 0.05) is 29.8 Å². The first-order valence-electron chi connectivity index (χ1n) is 15.9. The van der Waals surface area contributed by atoms with E-state index in [2.05, 4.69) is 17.4 Å². The first-order valence-corrected chi connectivity index (χ1v) is 15.9. The molecule has 2 aliphatic heterocycles. The SMILES string of the molecule is COc1ccc2c(c1OC)C[C@H]1CCCN(C(=O)OC(C)(C)C)[C@@H]1C2.COc1ccc2c(c1OC)C[C@H]1CCCN[C@@H]1C2.Cl. The number of nitrogens with one attached hydrogen (secondary N) is 1. The van der Waals surface area contributed by atoms with Crippen molar-refractivity contribution in [3.63, 3.8) is 0 Å². The first-order chi connectivity index (χ1) is 20.7. The van der Waals surface area contributed by atoms with Gasteiger partial charge in [0.25, 0.3) is 0 Å². The molecule has 0 spiro atoms. The van der Waals surface area contributed by atoms with Crippen LogP contribution in [0, 0.1) is 11.8 Å². The Morgan fingerprint density at radius 1 is 0.773 bits per heavy atom. The Balaban J connectivity index is 0.000000206. The van der Waals surface area contributed by atoms with Crippen molar-refractivity contribution in [2.75, 3.05) is 41.5 Å². The normalized spacial score (nSPS) is 23.6. The topological polar surface area (TPSA) is 78.5 Å². The molecule has 2 fully saturated rings. The molecule has 0 unspecified atom stereocenters. The number of piperidine rings is 2. The molecule has 0 bridgehead atoms. The van der Waals surface area contributed by atoms with Crippen LogP contribution in [0.5, 0.6) is 23.0 Å². The Hall–Kier alpha value is -2.84. The summed E-state index contributed by atoms with van der Waals surface area (Å²) in [6, 6.07) is 9.15. The number of likely N-dealkylation sites (tertiary alicyclic amines) is 1. The van der Waals surface area contributed by atoms with E-state index in [1.807, 2.05) is 37.8 Å². The van der Waals surface area contributed by atoms with E-state index < -0.39 is 5.60 Å². The van der Waals surface area contributed by atoms with Crippen LogP contribution in [0.2, 0.25) is 0 Å². The number of hydrogen-bond acceptors (Lipinski definition) is 7. The first kappa shape index (κ1) is 34.0. The van der Waals surface area contributed by atoms with E-state index >= 15 is 0 Å². The third-order valence-corrected chi connectivity index (χ3v) is 9.57. The van der Waals surface area contributed by atoms with Crippen molar-refractivity contribution in [1.29, 1.82) is 0 Å². The third kappa shape index (κ3) is 7.17. The maximum absolute atomic E-state index is 12.7. The van der Waals surface area contributed by atoms with Gasteiger partial charge in [0.15, 0.2) is 23.0 Å². The smallest absolute Gasteiger partial charge is 0.410 e. The maximum atomic E-state index is 12.7. The van der Waals surface area contributed by atoms with Crippen LogP contribution in [0.3, 0.4) is 0 Å². The van der Waals surface area contributed by atoms with Gasteiger partial charge in [-0.2, -0.15) is 0 Å². The van der Waals surface area contributed by atoms with E-state index in [9.17, 15) is 4.79 Å². The molecule has 6 rings (SSSR count). The summed E-state index contributed by atoms with van der Waals surface area (Å²) in [5.74, 6) is 4.62. The number of hydrogen-bond donors (Lipinski definition) is 1. The summed E-state index contributed by atoms with van der Waals surface area (Å²) in [4.78, 5) is 14.6. The Morgan fingerprint density at radius 2 is 1.34 bits per heavy atom. The molecule has 1 amide bonds. The second kappa shape index (κ2) is 14.5. The predicted octanol–water partition coefficient (Wildman–Crippen LogP) is 6.41. The fourth-order valence-electron chi connectivity index (χ4n) is 7.58. The minimum atomic E-state index is -0.465.